The normalized spacial score (nSPS) is 14.1. The maximum absolute atomic E-state index is 12.3. The lowest BCUT2D eigenvalue weighted by Crippen LogP contribution is -2.38. The molecule has 1 fully saturated rings. The van der Waals surface area contributed by atoms with Gasteiger partial charge in [0, 0.05) is 46.0 Å². The number of hydrogen-bond donors (Lipinski definition) is 2. The van der Waals surface area contributed by atoms with Gasteiger partial charge >= 0.3 is 6.03 Å². The molecule has 0 saturated carbocycles. The topological polar surface area (TPSA) is 60.0 Å². The van der Waals surface area contributed by atoms with E-state index in [-0.39, 0.29) is 6.03 Å². The van der Waals surface area contributed by atoms with E-state index < -0.39 is 0 Å². The summed E-state index contributed by atoms with van der Waals surface area (Å²) in [5, 5.41) is 6.39. The van der Waals surface area contributed by atoms with E-state index in [2.05, 4.69) is 32.7 Å². The third-order valence-corrected chi connectivity index (χ3v) is 4.86. The average molecular weight is 380 g/mol. The van der Waals surface area contributed by atoms with Gasteiger partial charge in [0.25, 0.3) is 0 Å². The first kappa shape index (κ1) is 19.7. The molecule has 148 valence electrons. The SMILES string of the molecule is CN=C(NCc1cccc(NC(=O)N2CCCC2)c1)N(C)Cc1ccccc1. The molecule has 2 amide bonds. The van der Waals surface area contributed by atoms with E-state index in [0.29, 0.717) is 6.54 Å². The Balaban J connectivity index is 1.54. The van der Waals surface area contributed by atoms with E-state index >= 15 is 0 Å². The first-order valence-electron chi connectivity index (χ1n) is 9.76. The summed E-state index contributed by atoms with van der Waals surface area (Å²) in [4.78, 5) is 20.6. The molecule has 3 rings (SSSR count). The standard InChI is InChI=1S/C22H29N5O/c1-23-21(26(2)17-18-9-4-3-5-10-18)24-16-19-11-8-12-20(15-19)25-22(28)27-13-6-7-14-27/h3-5,8-12,15H,6-7,13-14,16-17H2,1-2H3,(H,23,24)(H,25,28). The van der Waals surface area contributed by atoms with Gasteiger partial charge in [0.1, 0.15) is 0 Å². The van der Waals surface area contributed by atoms with E-state index in [9.17, 15) is 4.79 Å². The quantitative estimate of drug-likeness (QED) is 0.617. The van der Waals surface area contributed by atoms with Crippen LogP contribution in [-0.2, 0) is 13.1 Å². The molecule has 0 spiro atoms. The third-order valence-electron chi connectivity index (χ3n) is 4.86. The maximum atomic E-state index is 12.3. The Morgan fingerprint density at radius 1 is 1.07 bits per heavy atom. The molecule has 2 N–H and O–H groups in total. The number of likely N-dealkylation sites (tertiary alicyclic amines) is 1. The van der Waals surface area contributed by atoms with Crippen LogP contribution >= 0.6 is 0 Å². The largest absolute Gasteiger partial charge is 0.352 e. The highest BCUT2D eigenvalue weighted by Crippen LogP contribution is 2.14. The minimum Gasteiger partial charge on any atom is -0.352 e. The lowest BCUT2D eigenvalue weighted by atomic mass is 10.2. The number of urea groups is 1. The number of benzene rings is 2. The monoisotopic (exact) mass is 379 g/mol. The molecule has 2 aromatic carbocycles. The van der Waals surface area contributed by atoms with Crippen LogP contribution < -0.4 is 10.6 Å². The number of aliphatic imine (C=N–C) groups is 1. The highest BCUT2D eigenvalue weighted by Gasteiger charge is 2.17. The van der Waals surface area contributed by atoms with Crippen LogP contribution in [0, 0.1) is 0 Å². The molecular weight excluding hydrogens is 350 g/mol. The molecule has 1 saturated heterocycles. The van der Waals surface area contributed by atoms with E-state index in [4.69, 9.17) is 0 Å². The summed E-state index contributed by atoms with van der Waals surface area (Å²) in [7, 11) is 3.81. The van der Waals surface area contributed by atoms with E-state index in [1.807, 2.05) is 54.4 Å². The Hall–Kier alpha value is -3.02. The van der Waals surface area contributed by atoms with Gasteiger partial charge in [-0.15, -0.1) is 0 Å². The van der Waals surface area contributed by atoms with Crippen molar-refractivity contribution in [2.75, 3.05) is 32.5 Å². The molecular formula is C22H29N5O. The van der Waals surface area contributed by atoms with Gasteiger partial charge in [-0.25, -0.2) is 4.79 Å². The number of anilines is 1. The molecule has 0 atom stereocenters. The summed E-state index contributed by atoms with van der Waals surface area (Å²) in [6.07, 6.45) is 2.18. The zero-order valence-electron chi connectivity index (χ0n) is 16.7. The van der Waals surface area contributed by atoms with E-state index in [1.54, 1.807) is 7.05 Å². The molecule has 0 bridgehead atoms. The van der Waals surface area contributed by atoms with Crippen molar-refractivity contribution in [1.29, 1.82) is 0 Å². The number of nitrogens with one attached hydrogen (secondary N) is 2. The van der Waals surface area contributed by atoms with Crippen molar-refractivity contribution in [3.63, 3.8) is 0 Å². The van der Waals surface area contributed by atoms with Crippen LogP contribution in [-0.4, -0.2) is 49.0 Å². The van der Waals surface area contributed by atoms with Crippen molar-refractivity contribution in [3.8, 4) is 0 Å². The fourth-order valence-electron chi connectivity index (χ4n) is 3.38. The van der Waals surface area contributed by atoms with Crippen LogP contribution in [0.3, 0.4) is 0 Å². The summed E-state index contributed by atoms with van der Waals surface area (Å²) in [6, 6.07) is 18.2. The summed E-state index contributed by atoms with van der Waals surface area (Å²) < 4.78 is 0. The smallest absolute Gasteiger partial charge is 0.321 e. The predicted molar refractivity (Wildman–Crippen MR) is 114 cm³/mol. The minimum atomic E-state index is -0.0130. The van der Waals surface area contributed by atoms with E-state index in [1.165, 1.54) is 5.56 Å². The first-order chi connectivity index (χ1) is 13.7. The molecule has 1 aliphatic rings. The Morgan fingerprint density at radius 3 is 2.50 bits per heavy atom. The zero-order chi connectivity index (χ0) is 19.8. The maximum Gasteiger partial charge on any atom is 0.321 e. The number of carbonyl (C=O) groups excluding carboxylic acids is 1. The van der Waals surface area contributed by atoms with Crippen LogP contribution in [0.1, 0.15) is 24.0 Å². The van der Waals surface area contributed by atoms with E-state index in [0.717, 1.165) is 49.7 Å². The summed E-state index contributed by atoms with van der Waals surface area (Å²) >= 11 is 0. The first-order valence-corrected chi connectivity index (χ1v) is 9.76. The number of guanidine groups is 1. The third kappa shape index (κ3) is 5.49. The van der Waals surface area contributed by atoms with Gasteiger partial charge in [-0.05, 0) is 36.1 Å². The van der Waals surface area contributed by atoms with Crippen molar-refractivity contribution >= 4 is 17.7 Å². The van der Waals surface area contributed by atoms with Crippen molar-refractivity contribution in [2.24, 2.45) is 4.99 Å². The van der Waals surface area contributed by atoms with Gasteiger partial charge in [-0.3, -0.25) is 4.99 Å². The predicted octanol–water partition coefficient (Wildman–Crippen LogP) is 3.52. The van der Waals surface area contributed by atoms with Gasteiger partial charge in [0.2, 0.25) is 0 Å². The van der Waals surface area contributed by atoms with Crippen LogP contribution in [0.4, 0.5) is 10.5 Å². The average Bonchev–Trinajstić information content (AvgIpc) is 3.24. The number of nitrogens with zero attached hydrogens (tertiary/aromatic N) is 3. The van der Waals surface area contributed by atoms with Gasteiger partial charge in [0.05, 0.1) is 0 Å². The number of amides is 2. The van der Waals surface area contributed by atoms with Gasteiger partial charge in [-0.2, -0.15) is 0 Å². The molecule has 0 aromatic heterocycles. The van der Waals surface area contributed by atoms with Crippen molar-refractivity contribution in [2.45, 2.75) is 25.9 Å². The van der Waals surface area contributed by atoms with Crippen LogP contribution in [0.5, 0.6) is 0 Å². The highest BCUT2D eigenvalue weighted by molar-refractivity contribution is 5.89. The Labute approximate surface area is 167 Å². The molecule has 1 heterocycles. The Kier molecular flexibility index (Phi) is 6.89. The van der Waals surface area contributed by atoms with Gasteiger partial charge in [-0.1, -0.05) is 42.5 Å². The summed E-state index contributed by atoms with van der Waals surface area (Å²) in [5.41, 5.74) is 3.15. The molecule has 1 aliphatic heterocycles. The van der Waals surface area contributed by atoms with Crippen LogP contribution in [0.2, 0.25) is 0 Å². The van der Waals surface area contributed by atoms with Gasteiger partial charge in [0.15, 0.2) is 5.96 Å². The van der Waals surface area contributed by atoms with Crippen molar-refractivity contribution < 1.29 is 4.79 Å². The Bertz CT molecular complexity index is 800. The summed E-state index contributed by atoms with van der Waals surface area (Å²) in [5.74, 6) is 0.829. The number of hydrogen-bond acceptors (Lipinski definition) is 2. The van der Waals surface area contributed by atoms with Crippen LogP contribution in [0.15, 0.2) is 59.6 Å². The minimum absolute atomic E-state index is 0.0130. The molecule has 2 aromatic rings. The highest BCUT2D eigenvalue weighted by atomic mass is 16.2. The second-order valence-corrected chi connectivity index (χ2v) is 7.07. The zero-order valence-corrected chi connectivity index (χ0v) is 16.7. The fourth-order valence-corrected chi connectivity index (χ4v) is 3.38. The second-order valence-electron chi connectivity index (χ2n) is 7.07. The van der Waals surface area contributed by atoms with Crippen LogP contribution in [0.25, 0.3) is 0 Å². The molecule has 28 heavy (non-hydrogen) atoms. The van der Waals surface area contributed by atoms with Crippen molar-refractivity contribution in [1.82, 2.24) is 15.1 Å². The number of rotatable bonds is 5. The number of carbonyl (C=O) groups is 1. The Morgan fingerprint density at radius 2 is 1.79 bits per heavy atom. The lowest BCUT2D eigenvalue weighted by Gasteiger charge is -2.22. The molecule has 0 radical (unpaired) electrons. The molecule has 6 nitrogen and oxygen atoms in total. The summed E-state index contributed by atoms with van der Waals surface area (Å²) in [6.45, 7) is 3.11. The second kappa shape index (κ2) is 9.78. The van der Waals surface area contributed by atoms with Gasteiger partial charge < -0.3 is 20.4 Å². The molecule has 6 heteroatoms. The molecule has 0 aliphatic carbocycles. The van der Waals surface area contributed by atoms with Crippen molar-refractivity contribution in [3.05, 3.63) is 65.7 Å². The molecule has 0 unspecified atom stereocenters. The fraction of sp³-hybridized carbons (Fsp3) is 0.364. The lowest BCUT2D eigenvalue weighted by molar-refractivity contribution is 0.222.